The van der Waals surface area contributed by atoms with Crippen LogP contribution in [0.5, 0.6) is 0 Å². The van der Waals surface area contributed by atoms with Gasteiger partial charge in [0.15, 0.2) is 5.78 Å². The minimum Gasteiger partial charge on any atom is -0.303 e. The second-order valence-electron chi connectivity index (χ2n) is 4.46. The lowest BCUT2D eigenvalue weighted by Crippen LogP contribution is -2.24. The van der Waals surface area contributed by atoms with Crippen LogP contribution in [-0.4, -0.2) is 23.2 Å². The van der Waals surface area contributed by atoms with Crippen molar-refractivity contribution in [2.45, 2.75) is 6.42 Å². The molecule has 2 aromatic rings. The predicted octanol–water partition coefficient (Wildman–Crippen LogP) is 2.05. The maximum atomic E-state index is 11.6. The molecular weight excluding hydrogens is 240 g/mol. The number of hydrogen-bond donors (Lipinski definition) is 0. The van der Waals surface area contributed by atoms with E-state index < -0.39 is 0 Å². The summed E-state index contributed by atoms with van der Waals surface area (Å²) < 4.78 is 0. The zero-order valence-corrected chi connectivity index (χ0v) is 10.2. The molecule has 3 rings (SSSR count). The van der Waals surface area contributed by atoms with Crippen LogP contribution < -0.4 is 4.90 Å². The average molecular weight is 252 g/mol. The first-order valence-electron chi connectivity index (χ1n) is 6.07. The van der Waals surface area contributed by atoms with Crippen molar-refractivity contribution in [2.75, 3.05) is 11.4 Å². The van der Waals surface area contributed by atoms with Gasteiger partial charge in [0.25, 0.3) is 0 Å². The molecule has 94 valence electrons. The number of benzene rings is 1. The Hall–Kier alpha value is -2.49. The van der Waals surface area contributed by atoms with Crippen LogP contribution in [0.4, 0.5) is 5.69 Å². The minimum atomic E-state index is -0.153. The predicted molar refractivity (Wildman–Crippen MR) is 71.7 cm³/mol. The molecule has 1 aliphatic rings. The zero-order valence-electron chi connectivity index (χ0n) is 10.2. The van der Waals surface area contributed by atoms with Gasteiger partial charge >= 0.3 is 0 Å². The van der Waals surface area contributed by atoms with E-state index in [0.29, 0.717) is 5.69 Å². The van der Waals surface area contributed by atoms with E-state index in [2.05, 4.69) is 4.98 Å². The number of amides is 1. The van der Waals surface area contributed by atoms with Crippen molar-refractivity contribution in [1.29, 1.82) is 0 Å². The lowest BCUT2D eigenvalue weighted by molar-refractivity contribution is -0.121. The fraction of sp³-hybridized carbons (Fsp3) is 0.133. The van der Waals surface area contributed by atoms with E-state index >= 15 is 0 Å². The van der Waals surface area contributed by atoms with Crippen molar-refractivity contribution in [1.82, 2.24) is 4.98 Å². The van der Waals surface area contributed by atoms with Crippen LogP contribution in [-0.2, 0) is 9.59 Å². The highest BCUT2D eigenvalue weighted by Gasteiger charge is 2.28. The molecule has 0 saturated carbocycles. The number of Topliss-reactive ketones (excluding diaryl/α,β-unsaturated/α-hetero) is 1. The first-order valence-corrected chi connectivity index (χ1v) is 6.07. The third-order valence-corrected chi connectivity index (χ3v) is 3.11. The van der Waals surface area contributed by atoms with Gasteiger partial charge in [-0.05, 0) is 12.1 Å². The molecule has 0 atom stereocenters. The Morgan fingerprint density at radius 1 is 1.00 bits per heavy atom. The Morgan fingerprint density at radius 3 is 2.37 bits per heavy atom. The fourth-order valence-corrected chi connectivity index (χ4v) is 2.15. The summed E-state index contributed by atoms with van der Waals surface area (Å²) in [6.07, 6.45) is 1.64. The van der Waals surface area contributed by atoms with E-state index in [1.807, 2.05) is 42.5 Å². The number of ketones is 1. The molecule has 4 nitrogen and oxygen atoms in total. The Morgan fingerprint density at radius 2 is 1.79 bits per heavy atom. The number of hydrogen-bond acceptors (Lipinski definition) is 3. The molecule has 2 heterocycles. The lowest BCUT2D eigenvalue weighted by atomic mass is 10.1. The van der Waals surface area contributed by atoms with Crippen molar-refractivity contribution in [3.05, 3.63) is 48.7 Å². The SMILES string of the molecule is O=C1CC(=O)N(c2ccc(-c3ccccc3)nc2)C1. The molecule has 0 aliphatic carbocycles. The second kappa shape index (κ2) is 4.65. The van der Waals surface area contributed by atoms with Crippen molar-refractivity contribution in [2.24, 2.45) is 0 Å². The van der Waals surface area contributed by atoms with Gasteiger partial charge in [-0.3, -0.25) is 14.6 Å². The Kier molecular flexibility index (Phi) is 2.83. The van der Waals surface area contributed by atoms with E-state index in [0.717, 1.165) is 11.3 Å². The highest BCUT2D eigenvalue weighted by Crippen LogP contribution is 2.22. The molecule has 1 aliphatic heterocycles. The maximum Gasteiger partial charge on any atom is 0.234 e. The van der Waals surface area contributed by atoms with Crippen LogP contribution in [0.15, 0.2) is 48.7 Å². The lowest BCUT2D eigenvalue weighted by Gasteiger charge is -2.14. The van der Waals surface area contributed by atoms with Crippen molar-refractivity contribution in [3.63, 3.8) is 0 Å². The van der Waals surface area contributed by atoms with Crippen LogP contribution in [0.3, 0.4) is 0 Å². The van der Waals surface area contributed by atoms with E-state index in [9.17, 15) is 9.59 Å². The third kappa shape index (κ3) is 2.25. The Bertz CT molecular complexity index is 620. The molecule has 19 heavy (non-hydrogen) atoms. The first-order chi connectivity index (χ1) is 9.24. The van der Waals surface area contributed by atoms with Crippen molar-refractivity contribution < 1.29 is 9.59 Å². The summed E-state index contributed by atoms with van der Waals surface area (Å²) in [6.45, 7) is 0.158. The van der Waals surface area contributed by atoms with Crippen LogP contribution in [0.25, 0.3) is 11.3 Å². The molecule has 0 N–H and O–H groups in total. The van der Waals surface area contributed by atoms with Crippen molar-refractivity contribution in [3.8, 4) is 11.3 Å². The van der Waals surface area contributed by atoms with E-state index in [4.69, 9.17) is 0 Å². The van der Waals surface area contributed by atoms with Gasteiger partial charge in [0.05, 0.1) is 30.5 Å². The van der Waals surface area contributed by atoms with Crippen LogP contribution in [0, 0.1) is 0 Å². The molecule has 1 amide bonds. The molecule has 0 spiro atoms. The third-order valence-electron chi connectivity index (χ3n) is 3.11. The standard InChI is InChI=1S/C15H12N2O2/c18-13-8-15(19)17(10-13)12-6-7-14(16-9-12)11-4-2-1-3-5-11/h1-7,9H,8,10H2. The first kappa shape index (κ1) is 11.6. The molecule has 0 radical (unpaired) electrons. The highest BCUT2D eigenvalue weighted by molar-refractivity contribution is 6.14. The topological polar surface area (TPSA) is 50.3 Å². The van der Waals surface area contributed by atoms with Gasteiger partial charge < -0.3 is 4.90 Å². The molecule has 4 heteroatoms. The summed E-state index contributed by atoms with van der Waals surface area (Å²) in [5.74, 6) is -0.198. The molecule has 0 bridgehead atoms. The Labute approximate surface area is 110 Å². The number of pyridine rings is 1. The van der Waals surface area contributed by atoms with Gasteiger partial charge in [-0.15, -0.1) is 0 Å². The second-order valence-corrected chi connectivity index (χ2v) is 4.46. The number of carbonyl (C=O) groups is 2. The van der Waals surface area contributed by atoms with Crippen molar-refractivity contribution >= 4 is 17.4 Å². The number of rotatable bonds is 2. The van der Waals surface area contributed by atoms with Gasteiger partial charge in [-0.1, -0.05) is 30.3 Å². The number of anilines is 1. The van der Waals surface area contributed by atoms with Gasteiger partial charge in [0.2, 0.25) is 5.91 Å². The molecule has 1 aromatic carbocycles. The van der Waals surface area contributed by atoms with Crippen LogP contribution in [0.2, 0.25) is 0 Å². The molecule has 1 saturated heterocycles. The van der Waals surface area contributed by atoms with Crippen LogP contribution in [0.1, 0.15) is 6.42 Å². The molecule has 1 fully saturated rings. The van der Waals surface area contributed by atoms with Gasteiger partial charge in [-0.25, -0.2) is 0 Å². The summed E-state index contributed by atoms with van der Waals surface area (Å²) in [5, 5.41) is 0. The van der Waals surface area contributed by atoms with Gasteiger partial charge in [0.1, 0.15) is 0 Å². The number of aromatic nitrogens is 1. The highest BCUT2D eigenvalue weighted by atomic mass is 16.2. The summed E-state index contributed by atoms with van der Waals surface area (Å²) in [4.78, 5) is 28.7. The quantitative estimate of drug-likeness (QED) is 0.769. The number of nitrogens with zero attached hydrogens (tertiary/aromatic N) is 2. The summed E-state index contributed by atoms with van der Waals surface area (Å²) in [6, 6.07) is 13.5. The maximum absolute atomic E-state index is 11.6. The number of carbonyl (C=O) groups excluding carboxylic acids is 2. The minimum absolute atomic E-state index is 0.000433. The Balaban J connectivity index is 1.87. The van der Waals surface area contributed by atoms with E-state index in [1.54, 1.807) is 6.20 Å². The fourth-order valence-electron chi connectivity index (χ4n) is 2.15. The van der Waals surface area contributed by atoms with Gasteiger partial charge in [-0.2, -0.15) is 0 Å². The van der Waals surface area contributed by atoms with Gasteiger partial charge in [0, 0.05) is 5.56 Å². The normalized spacial score (nSPS) is 15.1. The van der Waals surface area contributed by atoms with E-state index in [-0.39, 0.29) is 24.7 Å². The molecule has 0 unspecified atom stereocenters. The average Bonchev–Trinajstić information content (AvgIpc) is 2.79. The van der Waals surface area contributed by atoms with E-state index in [1.165, 1.54) is 4.90 Å². The molecule has 1 aromatic heterocycles. The zero-order chi connectivity index (χ0) is 13.2. The summed E-state index contributed by atoms with van der Waals surface area (Å²) >= 11 is 0. The van der Waals surface area contributed by atoms with Crippen LogP contribution >= 0.6 is 0 Å². The largest absolute Gasteiger partial charge is 0.303 e. The monoisotopic (exact) mass is 252 g/mol. The summed E-state index contributed by atoms with van der Waals surface area (Å²) in [5.41, 5.74) is 2.55. The molecular formula is C15H12N2O2. The summed E-state index contributed by atoms with van der Waals surface area (Å²) in [7, 11) is 0. The smallest absolute Gasteiger partial charge is 0.234 e.